The Hall–Kier alpha value is -1.06. The normalized spacial score (nSPS) is 38.2. The molecule has 19 heavy (non-hydrogen) atoms. The van der Waals surface area contributed by atoms with Gasteiger partial charge in [0.2, 0.25) is 0 Å². The minimum Gasteiger partial charge on any atom is -0.444 e. The second-order valence-corrected chi connectivity index (χ2v) is 7.43. The SMILES string of the molecule is C[C@@H]1[C@H]2CC[C@@](C)(CC2=O)[C@H]1NC(=O)OC(C)(C)C. The molecule has 0 aromatic carbocycles. The molecule has 0 aliphatic heterocycles. The summed E-state index contributed by atoms with van der Waals surface area (Å²) in [6.45, 7) is 9.75. The first kappa shape index (κ1) is 14.4. The standard InChI is InChI=1S/C15H25NO3/c1-9-10-6-7-15(5,8-11(10)17)12(9)16-13(18)19-14(2,3)4/h9-10,12H,6-8H2,1-5H3,(H,16,18)/t9-,10-,12+,15+/m1/s1. The molecule has 4 nitrogen and oxygen atoms in total. The van der Waals surface area contributed by atoms with E-state index in [1.165, 1.54) is 0 Å². The second-order valence-electron chi connectivity index (χ2n) is 7.43. The molecule has 0 radical (unpaired) electrons. The van der Waals surface area contributed by atoms with E-state index in [1.807, 2.05) is 20.8 Å². The highest BCUT2D eigenvalue weighted by Crippen LogP contribution is 2.51. The minimum absolute atomic E-state index is 0.0406. The third kappa shape index (κ3) is 2.77. The third-order valence-electron chi connectivity index (χ3n) is 4.60. The highest BCUT2D eigenvalue weighted by atomic mass is 16.6. The predicted octanol–water partition coefficient (Wildman–Crippen LogP) is 2.90. The molecule has 0 heterocycles. The molecule has 0 saturated heterocycles. The fourth-order valence-corrected chi connectivity index (χ4v) is 3.69. The Bertz CT molecular complexity index is 399. The Morgan fingerprint density at radius 2 is 2.05 bits per heavy atom. The Kier molecular flexibility index (Phi) is 3.40. The van der Waals surface area contributed by atoms with Gasteiger partial charge in [0.15, 0.2) is 0 Å². The molecule has 4 atom stereocenters. The van der Waals surface area contributed by atoms with Gasteiger partial charge in [0.25, 0.3) is 0 Å². The Morgan fingerprint density at radius 1 is 1.42 bits per heavy atom. The average molecular weight is 267 g/mol. The molecular formula is C15H25NO3. The number of Topliss-reactive ketones (excluding diaryl/α,β-unsaturated/α-hetero) is 1. The molecule has 108 valence electrons. The Balaban J connectivity index is 2.08. The van der Waals surface area contributed by atoms with Crippen molar-refractivity contribution in [3.8, 4) is 0 Å². The van der Waals surface area contributed by atoms with Gasteiger partial charge in [0, 0.05) is 18.4 Å². The molecule has 2 bridgehead atoms. The molecule has 0 aromatic heterocycles. The largest absolute Gasteiger partial charge is 0.444 e. The van der Waals surface area contributed by atoms with Crippen molar-refractivity contribution in [2.45, 2.75) is 65.5 Å². The molecule has 3 rings (SSSR count). The fourth-order valence-electron chi connectivity index (χ4n) is 3.69. The number of carbonyl (C=O) groups excluding carboxylic acids is 2. The van der Waals surface area contributed by atoms with Crippen molar-refractivity contribution in [2.24, 2.45) is 17.3 Å². The number of alkyl carbamates (subject to hydrolysis) is 1. The molecule has 0 aromatic rings. The van der Waals surface area contributed by atoms with E-state index in [-0.39, 0.29) is 29.4 Å². The van der Waals surface area contributed by atoms with Gasteiger partial charge in [-0.15, -0.1) is 0 Å². The van der Waals surface area contributed by atoms with Gasteiger partial charge in [-0.3, -0.25) is 4.79 Å². The number of fused-ring (bicyclic) bond motifs is 3. The van der Waals surface area contributed by atoms with Crippen LogP contribution in [0, 0.1) is 17.3 Å². The summed E-state index contributed by atoms with van der Waals surface area (Å²) in [7, 11) is 0. The fraction of sp³-hybridized carbons (Fsp3) is 0.867. The summed E-state index contributed by atoms with van der Waals surface area (Å²) in [5.74, 6) is 0.678. The first-order valence-electron chi connectivity index (χ1n) is 7.15. The van der Waals surface area contributed by atoms with Gasteiger partial charge in [-0.25, -0.2) is 4.79 Å². The van der Waals surface area contributed by atoms with Crippen molar-refractivity contribution in [3.63, 3.8) is 0 Å². The second kappa shape index (κ2) is 4.50. The summed E-state index contributed by atoms with van der Waals surface area (Å²) < 4.78 is 5.33. The first-order valence-corrected chi connectivity index (χ1v) is 7.15. The average Bonchev–Trinajstić information content (AvgIpc) is 2.20. The van der Waals surface area contributed by atoms with E-state index in [1.54, 1.807) is 0 Å². The van der Waals surface area contributed by atoms with E-state index in [0.717, 1.165) is 12.8 Å². The molecule has 3 aliphatic carbocycles. The van der Waals surface area contributed by atoms with E-state index in [9.17, 15) is 9.59 Å². The van der Waals surface area contributed by atoms with Crippen LogP contribution in [0.5, 0.6) is 0 Å². The number of hydrogen-bond donors (Lipinski definition) is 1. The highest BCUT2D eigenvalue weighted by Gasteiger charge is 2.53. The van der Waals surface area contributed by atoms with Crippen molar-refractivity contribution < 1.29 is 14.3 Å². The van der Waals surface area contributed by atoms with Gasteiger partial charge in [-0.2, -0.15) is 0 Å². The van der Waals surface area contributed by atoms with Crippen molar-refractivity contribution in [1.82, 2.24) is 5.32 Å². The zero-order valence-corrected chi connectivity index (χ0v) is 12.6. The van der Waals surface area contributed by atoms with Crippen molar-refractivity contribution >= 4 is 11.9 Å². The summed E-state index contributed by atoms with van der Waals surface area (Å²) in [5.41, 5.74) is -0.597. The van der Waals surface area contributed by atoms with Crippen molar-refractivity contribution in [2.75, 3.05) is 0 Å². The van der Waals surface area contributed by atoms with E-state index in [4.69, 9.17) is 4.74 Å². The zero-order chi connectivity index (χ0) is 14.4. The molecular weight excluding hydrogens is 242 g/mol. The van der Waals surface area contributed by atoms with Crippen molar-refractivity contribution in [1.29, 1.82) is 0 Å². The van der Waals surface area contributed by atoms with Gasteiger partial charge in [-0.05, 0) is 44.9 Å². The minimum atomic E-state index is -0.488. The third-order valence-corrected chi connectivity index (χ3v) is 4.60. The van der Waals surface area contributed by atoms with Crippen LogP contribution in [0.4, 0.5) is 4.79 Å². The van der Waals surface area contributed by atoms with Gasteiger partial charge in [-0.1, -0.05) is 13.8 Å². The number of rotatable bonds is 1. The topological polar surface area (TPSA) is 55.4 Å². The molecule has 3 saturated carbocycles. The lowest BCUT2D eigenvalue weighted by atomic mass is 9.54. The van der Waals surface area contributed by atoms with Gasteiger partial charge >= 0.3 is 6.09 Å². The van der Waals surface area contributed by atoms with E-state index >= 15 is 0 Å². The lowest BCUT2D eigenvalue weighted by Crippen LogP contribution is -2.61. The summed E-state index contributed by atoms with van der Waals surface area (Å²) in [4.78, 5) is 23.9. The molecule has 0 unspecified atom stereocenters. The van der Waals surface area contributed by atoms with E-state index in [2.05, 4.69) is 19.2 Å². The maximum Gasteiger partial charge on any atom is 0.407 e. The highest BCUT2D eigenvalue weighted by molar-refractivity contribution is 5.84. The van der Waals surface area contributed by atoms with Crippen LogP contribution in [0.1, 0.15) is 53.9 Å². The number of nitrogens with one attached hydrogen (secondary N) is 1. The van der Waals surface area contributed by atoms with Crippen molar-refractivity contribution in [3.05, 3.63) is 0 Å². The van der Waals surface area contributed by atoms with Crippen LogP contribution in [-0.2, 0) is 9.53 Å². The van der Waals surface area contributed by atoms with Crippen LogP contribution >= 0.6 is 0 Å². The van der Waals surface area contributed by atoms with Gasteiger partial charge in [0.1, 0.15) is 11.4 Å². The Labute approximate surface area is 115 Å². The van der Waals surface area contributed by atoms with Crippen LogP contribution in [0.2, 0.25) is 0 Å². The zero-order valence-electron chi connectivity index (χ0n) is 12.6. The summed E-state index contributed by atoms with van der Waals surface area (Å²) in [5, 5.41) is 3.00. The first-order chi connectivity index (χ1) is 8.62. The number of ketones is 1. The van der Waals surface area contributed by atoms with Crippen LogP contribution in [0.3, 0.4) is 0 Å². The van der Waals surface area contributed by atoms with Gasteiger partial charge < -0.3 is 10.1 Å². The molecule has 3 fully saturated rings. The van der Waals surface area contributed by atoms with Gasteiger partial charge in [0.05, 0.1) is 0 Å². The van der Waals surface area contributed by atoms with E-state index in [0.29, 0.717) is 12.2 Å². The van der Waals surface area contributed by atoms with Crippen LogP contribution in [-0.4, -0.2) is 23.5 Å². The molecule has 4 heteroatoms. The number of amides is 1. The molecule has 3 aliphatic rings. The monoisotopic (exact) mass is 267 g/mol. The summed E-state index contributed by atoms with van der Waals surface area (Å²) in [6.07, 6.45) is 2.19. The quantitative estimate of drug-likeness (QED) is 0.794. The van der Waals surface area contributed by atoms with Crippen LogP contribution in [0.25, 0.3) is 0 Å². The smallest absolute Gasteiger partial charge is 0.407 e. The lowest BCUT2D eigenvalue weighted by Gasteiger charge is -2.53. The summed E-state index contributed by atoms with van der Waals surface area (Å²) >= 11 is 0. The molecule has 1 amide bonds. The lowest BCUT2D eigenvalue weighted by molar-refractivity contribution is -0.139. The number of carbonyl (C=O) groups is 2. The summed E-state index contributed by atoms with van der Waals surface area (Å²) in [6, 6.07) is 0.0406. The van der Waals surface area contributed by atoms with Crippen LogP contribution < -0.4 is 5.32 Å². The molecule has 1 N–H and O–H groups in total. The van der Waals surface area contributed by atoms with Crippen LogP contribution in [0.15, 0.2) is 0 Å². The number of ether oxygens (including phenoxy) is 1. The Morgan fingerprint density at radius 3 is 2.53 bits per heavy atom. The maximum atomic E-state index is 12.0. The van der Waals surface area contributed by atoms with E-state index < -0.39 is 5.60 Å². The number of hydrogen-bond acceptors (Lipinski definition) is 3. The molecule has 0 spiro atoms. The maximum absolute atomic E-state index is 12.0. The predicted molar refractivity (Wildman–Crippen MR) is 72.8 cm³/mol.